The Balaban J connectivity index is 1.55. The molecule has 1 aromatic rings. The third kappa shape index (κ3) is 3.03. The van der Waals surface area contributed by atoms with E-state index in [2.05, 4.69) is 20.2 Å². The second-order valence-corrected chi connectivity index (χ2v) is 5.71. The summed E-state index contributed by atoms with van der Waals surface area (Å²) in [6.45, 7) is 4.59. The number of aromatic nitrogens is 2. The minimum Gasteiger partial charge on any atom is -0.354 e. The first kappa shape index (κ1) is 12.8. The smallest absolute Gasteiger partial charge is 0.186 e. The first-order valence-corrected chi connectivity index (χ1v) is 7.19. The average Bonchev–Trinajstić information content (AvgIpc) is 3.25. The fourth-order valence-corrected chi connectivity index (χ4v) is 2.64. The zero-order valence-corrected chi connectivity index (χ0v) is 11.4. The van der Waals surface area contributed by atoms with Gasteiger partial charge in [0.05, 0.1) is 5.69 Å². The Hall–Kier alpha value is -1.23. The highest BCUT2D eigenvalue weighted by Crippen LogP contribution is 2.25. The summed E-state index contributed by atoms with van der Waals surface area (Å²) >= 11 is 0. The standard InChI is InChI=1S/C14H21FN4/c1-10-13(15)14(18-9-17-10)19-6-4-11(5-7-19)8-16-12-2-3-12/h9,11-12,16H,2-8H2,1H3. The van der Waals surface area contributed by atoms with E-state index in [0.29, 0.717) is 11.5 Å². The summed E-state index contributed by atoms with van der Waals surface area (Å²) in [7, 11) is 0. The average molecular weight is 264 g/mol. The number of anilines is 1. The molecule has 2 aliphatic rings. The summed E-state index contributed by atoms with van der Waals surface area (Å²) in [4.78, 5) is 10.0. The van der Waals surface area contributed by atoms with E-state index in [4.69, 9.17) is 0 Å². The van der Waals surface area contributed by atoms with Crippen molar-refractivity contribution in [1.29, 1.82) is 0 Å². The maximum atomic E-state index is 14.0. The molecule has 0 atom stereocenters. The Morgan fingerprint density at radius 1 is 1.26 bits per heavy atom. The number of piperidine rings is 1. The van der Waals surface area contributed by atoms with Crippen molar-refractivity contribution in [2.75, 3.05) is 24.5 Å². The van der Waals surface area contributed by atoms with Crippen molar-refractivity contribution < 1.29 is 4.39 Å². The lowest BCUT2D eigenvalue weighted by atomic mass is 9.96. The molecule has 1 aliphatic heterocycles. The Morgan fingerprint density at radius 2 is 2.00 bits per heavy atom. The van der Waals surface area contributed by atoms with E-state index in [1.807, 2.05) is 0 Å². The molecule has 1 aliphatic carbocycles. The van der Waals surface area contributed by atoms with Crippen molar-refractivity contribution in [2.24, 2.45) is 5.92 Å². The second-order valence-electron chi connectivity index (χ2n) is 5.71. The lowest BCUT2D eigenvalue weighted by Gasteiger charge is -2.33. The predicted molar refractivity (Wildman–Crippen MR) is 72.7 cm³/mol. The monoisotopic (exact) mass is 264 g/mol. The van der Waals surface area contributed by atoms with Crippen molar-refractivity contribution in [3.8, 4) is 0 Å². The number of rotatable bonds is 4. The van der Waals surface area contributed by atoms with Crippen LogP contribution in [-0.2, 0) is 0 Å². The molecule has 0 unspecified atom stereocenters. The number of hydrogen-bond donors (Lipinski definition) is 1. The van der Waals surface area contributed by atoms with Crippen molar-refractivity contribution in [2.45, 2.75) is 38.6 Å². The normalized spacial score (nSPS) is 20.8. The first-order valence-electron chi connectivity index (χ1n) is 7.19. The molecule has 19 heavy (non-hydrogen) atoms. The van der Waals surface area contributed by atoms with Gasteiger partial charge in [-0.25, -0.2) is 14.4 Å². The van der Waals surface area contributed by atoms with Gasteiger partial charge < -0.3 is 10.2 Å². The van der Waals surface area contributed by atoms with E-state index in [9.17, 15) is 4.39 Å². The van der Waals surface area contributed by atoms with Crippen LogP contribution in [0.3, 0.4) is 0 Å². The van der Waals surface area contributed by atoms with Crippen LogP contribution < -0.4 is 10.2 Å². The highest BCUT2D eigenvalue weighted by atomic mass is 19.1. The molecule has 0 bridgehead atoms. The zero-order chi connectivity index (χ0) is 13.2. The zero-order valence-electron chi connectivity index (χ0n) is 11.4. The Bertz CT molecular complexity index is 439. The fourth-order valence-electron chi connectivity index (χ4n) is 2.64. The van der Waals surface area contributed by atoms with E-state index >= 15 is 0 Å². The molecule has 2 heterocycles. The van der Waals surface area contributed by atoms with Crippen LogP contribution in [0.2, 0.25) is 0 Å². The molecule has 0 amide bonds. The summed E-state index contributed by atoms with van der Waals surface area (Å²) in [5.41, 5.74) is 0.433. The van der Waals surface area contributed by atoms with E-state index in [1.54, 1.807) is 6.92 Å². The lowest BCUT2D eigenvalue weighted by molar-refractivity contribution is 0.378. The van der Waals surface area contributed by atoms with Gasteiger partial charge in [-0.1, -0.05) is 0 Å². The maximum absolute atomic E-state index is 14.0. The third-order valence-corrected chi connectivity index (χ3v) is 4.13. The summed E-state index contributed by atoms with van der Waals surface area (Å²) in [5, 5.41) is 3.58. The fraction of sp³-hybridized carbons (Fsp3) is 0.714. The molecule has 3 rings (SSSR count). The number of hydrogen-bond acceptors (Lipinski definition) is 4. The molecule has 0 spiro atoms. The van der Waals surface area contributed by atoms with Crippen LogP contribution in [0, 0.1) is 18.7 Å². The van der Waals surface area contributed by atoms with E-state index in [-0.39, 0.29) is 5.82 Å². The molecular weight excluding hydrogens is 243 g/mol. The summed E-state index contributed by atoms with van der Waals surface area (Å²) < 4.78 is 14.0. The Labute approximate surface area is 113 Å². The molecule has 1 aromatic heterocycles. The predicted octanol–water partition coefficient (Wildman–Crippen LogP) is 1.89. The lowest BCUT2D eigenvalue weighted by Crippen LogP contribution is -2.38. The van der Waals surface area contributed by atoms with Gasteiger partial charge in [0.2, 0.25) is 0 Å². The SMILES string of the molecule is Cc1ncnc(N2CCC(CNC3CC3)CC2)c1F. The highest BCUT2D eigenvalue weighted by Gasteiger charge is 2.25. The van der Waals surface area contributed by atoms with Crippen LogP contribution in [-0.4, -0.2) is 35.6 Å². The first-order chi connectivity index (χ1) is 9.24. The Kier molecular flexibility index (Phi) is 3.64. The molecule has 1 N–H and O–H groups in total. The number of aryl methyl sites for hydroxylation is 1. The van der Waals surface area contributed by atoms with Crippen LogP contribution in [0.4, 0.5) is 10.2 Å². The van der Waals surface area contributed by atoms with Crippen LogP contribution in [0.25, 0.3) is 0 Å². The molecule has 4 nitrogen and oxygen atoms in total. The quantitative estimate of drug-likeness (QED) is 0.901. The molecule has 0 aromatic carbocycles. The molecule has 104 valence electrons. The summed E-state index contributed by atoms with van der Waals surface area (Å²) in [5.74, 6) is 0.931. The number of nitrogens with zero attached hydrogens (tertiary/aromatic N) is 3. The number of halogens is 1. The van der Waals surface area contributed by atoms with Gasteiger partial charge >= 0.3 is 0 Å². The largest absolute Gasteiger partial charge is 0.354 e. The second kappa shape index (κ2) is 5.41. The van der Waals surface area contributed by atoms with Gasteiger partial charge in [0.1, 0.15) is 6.33 Å². The van der Waals surface area contributed by atoms with Gasteiger partial charge in [-0.3, -0.25) is 0 Å². The van der Waals surface area contributed by atoms with Crippen LogP contribution in [0.5, 0.6) is 0 Å². The molecule has 1 saturated carbocycles. The van der Waals surface area contributed by atoms with Crippen LogP contribution in [0.1, 0.15) is 31.4 Å². The van der Waals surface area contributed by atoms with Crippen molar-refractivity contribution in [3.05, 3.63) is 17.8 Å². The molecule has 5 heteroatoms. The minimum absolute atomic E-state index is 0.267. The third-order valence-electron chi connectivity index (χ3n) is 4.13. The van der Waals surface area contributed by atoms with Gasteiger partial charge in [0.25, 0.3) is 0 Å². The van der Waals surface area contributed by atoms with Crippen molar-refractivity contribution >= 4 is 5.82 Å². The molecular formula is C14H21FN4. The summed E-state index contributed by atoms with van der Waals surface area (Å²) in [6, 6.07) is 0.778. The van der Waals surface area contributed by atoms with Gasteiger partial charge in [-0.2, -0.15) is 0 Å². The summed E-state index contributed by atoms with van der Waals surface area (Å²) in [6.07, 6.45) is 6.35. The van der Waals surface area contributed by atoms with Crippen molar-refractivity contribution in [3.63, 3.8) is 0 Å². The van der Waals surface area contributed by atoms with Gasteiger partial charge in [-0.05, 0) is 45.1 Å². The van der Waals surface area contributed by atoms with E-state index < -0.39 is 0 Å². The molecule has 2 fully saturated rings. The van der Waals surface area contributed by atoms with E-state index in [1.165, 1.54) is 19.2 Å². The van der Waals surface area contributed by atoms with Gasteiger partial charge in [-0.15, -0.1) is 0 Å². The maximum Gasteiger partial charge on any atom is 0.186 e. The highest BCUT2D eigenvalue weighted by molar-refractivity contribution is 5.41. The van der Waals surface area contributed by atoms with Gasteiger partial charge in [0.15, 0.2) is 11.6 Å². The minimum atomic E-state index is -0.267. The topological polar surface area (TPSA) is 41.1 Å². The van der Waals surface area contributed by atoms with Crippen LogP contribution in [0.15, 0.2) is 6.33 Å². The van der Waals surface area contributed by atoms with Crippen molar-refractivity contribution in [1.82, 2.24) is 15.3 Å². The molecule has 1 saturated heterocycles. The van der Waals surface area contributed by atoms with Gasteiger partial charge in [0, 0.05) is 19.1 Å². The van der Waals surface area contributed by atoms with E-state index in [0.717, 1.165) is 44.4 Å². The van der Waals surface area contributed by atoms with Crippen LogP contribution >= 0.6 is 0 Å². The Morgan fingerprint density at radius 3 is 2.68 bits per heavy atom. The number of nitrogens with one attached hydrogen (secondary N) is 1. The molecule has 0 radical (unpaired) electrons.